The van der Waals surface area contributed by atoms with Crippen LogP contribution in [-0.4, -0.2) is 60.9 Å². The molecular weight excluding hydrogens is 375 g/mol. The van der Waals surface area contributed by atoms with Crippen LogP contribution >= 0.6 is 12.4 Å². The molecule has 2 saturated heterocycles. The minimum absolute atomic E-state index is 0. The second kappa shape index (κ2) is 8.22. The summed E-state index contributed by atoms with van der Waals surface area (Å²) in [5.74, 6) is -0.785. The van der Waals surface area contributed by atoms with Gasteiger partial charge < -0.3 is 15.5 Å². The van der Waals surface area contributed by atoms with Crippen LogP contribution in [0, 0.1) is 11.7 Å². The third-order valence-corrected chi connectivity index (χ3v) is 5.12. The van der Waals surface area contributed by atoms with Crippen LogP contribution < -0.4 is 10.6 Å². The first-order valence-electron chi connectivity index (χ1n) is 8.67. The molecular formula is C18H24ClFN4O3. The number of halogens is 2. The second-order valence-electron chi connectivity index (χ2n) is 7.01. The van der Waals surface area contributed by atoms with Crippen LogP contribution in [0.4, 0.5) is 9.18 Å². The number of nitrogens with zero attached hydrogens (tertiary/aromatic N) is 2. The number of hydrogen-bond acceptors (Lipinski definition) is 4. The largest absolute Gasteiger partial charge is 0.341 e. The molecule has 1 aromatic rings. The molecule has 2 N–H and O–H groups in total. The number of imide groups is 1. The standard InChI is InChI=1S/C18H23FN4O3.ClH/c1-18(13-3-5-14(19)6-4-13)16(25)23(17(26)21-18)11-15(24)22-8-7-12(10-22)9-20-2;/h3-6,12,20H,7-11H2,1-2H3,(H,21,26);1H. The smallest absolute Gasteiger partial charge is 0.325 e. The number of carbonyl (C=O) groups is 3. The topological polar surface area (TPSA) is 81.8 Å². The minimum atomic E-state index is -1.30. The monoisotopic (exact) mass is 398 g/mol. The van der Waals surface area contributed by atoms with Gasteiger partial charge in [-0.25, -0.2) is 9.18 Å². The molecule has 27 heavy (non-hydrogen) atoms. The van der Waals surface area contributed by atoms with Crippen molar-refractivity contribution in [2.24, 2.45) is 5.92 Å². The van der Waals surface area contributed by atoms with Crippen LogP contribution in [0.5, 0.6) is 0 Å². The van der Waals surface area contributed by atoms with Crippen LogP contribution in [0.25, 0.3) is 0 Å². The Morgan fingerprint density at radius 2 is 2.00 bits per heavy atom. The molecule has 7 nitrogen and oxygen atoms in total. The fraction of sp³-hybridized carbons (Fsp3) is 0.500. The number of benzene rings is 1. The van der Waals surface area contributed by atoms with E-state index in [9.17, 15) is 18.8 Å². The Balaban J connectivity index is 0.00000261. The maximum absolute atomic E-state index is 13.1. The molecule has 3 rings (SSSR count). The molecule has 0 radical (unpaired) electrons. The zero-order chi connectivity index (χ0) is 18.9. The van der Waals surface area contributed by atoms with Gasteiger partial charge in [0.05, 0.1) is 0 Å². The zero-order valence-electron chi connectivity index (χ0n) is 15.3. The number of carbonyl (C=O) groups excluding carboxylic acids is 3. The zero-order valence-corrected chi connectivity index (χ0v) is 16.1. The Kier molecular flexibility index (Phi) is 6.43. The van der Waals surface area contributed by atoms with E-state index in [4.69, 9.17) is 0 Å². The predicted octanol–water partition coefficient (Wildman–Crippen LogP) is 1.08. The van der Waals surface area contributed by atoms with Gasteiger partial charge in [0.25, 0.3) is 5.91 Å². The highest BCUT2D eigenvalue weighted by molar-refractivity contribution is 6.09. The predicted molar refractivity (Wildman–Crippen MR) is 99.9 cm³/mol. The summed E-state index contributed by atoms with van der Waals surface area (Å²) in [4.78, 5) is 40.3. The van der Waals surface area contributed by atoms with Crippen molar-refractivity contribution >= 4 is 30.3 Å². The van der Waals surface area contributed by atoms with Gasteiger partial charge in [-0.05, 0) is 50.6 Å². The molecule has 0 aromatic heterocycles. The van der Waals surface area contributed by atoms with Crippen molar-refractivity contribution in [2.75, 3.05) is 33.2 Å². The van der Waals surface area contributed by atoms with Crippen LogP contribution in [0.15, 0.2) is 24.3 Å². The second-order valence-corrected chi connectivity index (χ2v) is 7.01. The maximum atomic E-state index is 13.1. The van der Waals surface area contributed by atoms with Crippen molar-refractivity contribution < 1.29 is 18.8 Å². The Labute approximate surface area is 163 Å². The summed E-state index contributed by atoms with van der Waals surface area (Å²) < 4.78 is 13.1. The van der Waals surface area contributed by atoms with E-state index in [0.29, 0.717) is 24.6 Å². The molecule has 0 aliphatic carbocycles. The lowest BCUT2D eigenvalue weighted by Crippen LogP contribution is -2.44. The molecule has 2 aliphatic rings. The first-order valence-corrected chi connectivity index (χ1v) is 8.67. The van der Waals surface area contributed by atoms with Crippen molar-refractivity contribution in [3.8, 4) is 0 Å². The molecule has 0 bridgehead atoms. The van der Waals surface area contributed by atoms with Gasteiger partial charge in [0.15, 0.2) is 0 Å². The Bertz CT molecular complexity index is 730. The fourth-order valence-corrected chi connectivity index (χ4v) is 3.57. The highest BCUT2D eigenvalue weighted by atomic mass is 35.5. The third kappa shape index (κ3) is 4.06. The van der Waals surface area contributed by atoms with Crippen molar-refractivity contribution in [1.29, 1.82) is 0 Å². The normalized spacial score (nSPS) is 24.8. The van der Waals surface area contributed by atoms with E-state index in [-0.39, 0.29) is 24.9 Å². The van der Waals surface area contributed by atoms with Gasteiger partial charge in [-0.15, -0.1) is 12.4 Å². The van der Waals surface area contributed by atoms with E-state index >= 15 is 0 Å². The Morgan fingerprint density at radius 1 is 1.33 bits per heavy atom. The molecule has 0 spiro atoms. The molecule has 148 valence electrons. The van der Waals surface area contributed by atoms with Gasteiger partial charge in [0, 0.05) is 13.1 Å². The fourth-order valence-electron chi connectivity index (χ4n) is 3.57. The van der Waals surface area contributed by atoms with Crippen LogP contribution in [0.1, 0.15) is 18.9 Å². The SMILES string of the molecule is CNCC1CCN(C(=O)CN2C(=O)NC(C)(c3ccc(F)cc3)C2=O)C1.Cl. The molecule has 1 aromatic carbocycles. The summed E-state index contributed by atoms with van der Waals surface area (Å²) in [7, 11) is 1.87. The van der Waals surface area contributed by atoms with Gasteiger partial charge in [-0.1, -0.05) is 12.1 Å². The summed E-state index contributed by atoms with van der Waals surface area (Å²) in [6.45, 7) is 3.36. The number of urea groups is 1. The van der Waals surface area contributed by atoms with Gasteiger partial charge in [0.1, 0.15) is 17.9 Å². The first-order chi connectivity index (χ1) is 12.3. The summed E-state index contributed by atoms with van der Waals surface area (Å²) in [5.41, 5.74) is -0.826. The molecule has 2 unspecified atom stereocenters. The van der Waals surface area contributed by atoms with Crippen LogP contribution in [-0.2, 0) is 15.1 Å². The lowest BCUT2D eigenvalue weighted by molar-refractivity contribution is -0.138. The minimum Gasteiger partial charge on any atom is -0.341 e. The molecule has 2 heterocycles. The highest BCUT2D eigenvalue weighted by Crippen LogP contribution is 2.29. The molecule has 4 amide bonds. The average Bonchev–Trinajstić information content (AvgIpc) is 3.15. The Hall–Kier alpha value is -2.19. The van der Waals surface area contributed by atoms with Crippen molar-refractivity contribution in [3.63, 3.8) is 0 Å². The van der Waals surface area contributed by atoms with E-state index in [1.807, 2.05) is 7.05 Å². The van der Waals surface area contributed by atoms with E-state index in [1.165, 1.54) is 24.3 Å². The van der Waals surface area contributed by atoms with Gasteiger partial charge >= 0.3 is 6.03 Å². The van der Waals surface area contributed by atoms with Crippen LogP contribution in [0.2, 0.25) is 0 Å². The number of likely N-dealkylation sites (tertiary alicyclic amines) is 1. The average molecular weight is 399 g/mol. The number of hydrogen-bond donors (Lipinski definition) is 2. The highest BCUT2D eigenvalue weighted by Gasteiger charge is 2.49. The number of nitrogens with one attached hydrogen (secondary N) is 2. The van der Waals surface area contributed by atoms with Gasteiger partial charge in [-0.2, -0.15) is 0 Å². The van der Waals surface area contributed by atoms with E-state index in [2.05, 4.69) is 10.6 Å². The van der Waals surface area contributed by atoms with E-state index < -0.39 is 23.3 Å². The van der Waals surface area contributed by atoms with Crippen molar-refractivity contribution in [3.05, 3.63) is 35.6 Å². The molecule has 9 heteroatoms. The maximum Gasteiger partial charge on any atom is 0.325 e. The molecule has 2 atom stereocenters. The number of amides is 4. The van der Waals surface area contributed by atoms with Gasteiger partial charge in [0.2, 0.25) is 5.91 Å². The summed E-state index contributed by atoms with van der Waals surface area (Å²) in [6, 6.07) is 4.78. The van der Waals surface area contributed by atoms with Crippen LogP contribution in [0.3, 0.4) is 0 Å². The summed E-state index contributed by atoms with van der Waals surface area (Å²) in [6.07, 6.45) is 0.903. The molecule has 2 fully saturated rings. The van der Waals surface area contributed by atoms with Crippen molar-refractivity contribution in [2.45, 2.75) is 18.9 Å². The molecule has 0 saturated carbocycles. The lowest BCUT2D eigenvalue weighted by atomic mass is 9.92. The van der Waals surface area contributed by atoms with Gasteiger partial charge in [-0.3, -0.25) is 14.5 Å². The van der Waals surface area contributed by atoms with Crippen molar-refractivity contribution in [1.82, 2.24) is 20.4 Å². The first kappa shape index (κ1) is 21.1. The van der Waals surface area contributed by atoms with E-state index in [1.54, 1.807) is 11.8 Å². The number of rotatable bonds is 5. The Morgan fingerprint density at radius 3 is 2.63 bits per heavy atom. The molecule has 2 aliphatic heterocycles. The summed E-state index contributed by atoms with van der Waals surface area (Å²) in [5, 5.41) is 5.72. The third-order valence-electron chi connectivity index (χ3n) is 5.12. The quantitative estimate of drug-likeness (QED) is 0.727. The lowest BCUT2D eigenvalue weighted by Gasteiger charge is -2.23. The summed E-state index contributed by atoms with van der Waals surface area (Å²) >= 11 is 0. The van der Waals surface area contributed by atoms with E-state index in [0.717, 1.165) is 17.9 Å².